The number of rotatable bonds is 6. The van der Waals surface area contributed by atoms with Crippen LogP contribution in [0.25, 0.3) is 0 Å². The fourth-order valence-corrected chi connectivity index (χ4v) is 1.88. The lowest BCUT2D eigenvalue weighted by molar-refractivity contribution is 0.0690. The molecule has 0 unspecified atom stereocenters. The van der Waals surface area contributed by atoms with Crippen molar-refractivity contribution in [3.8, 4) is 0 Å². The summed E-state index contributed by atoms with van der Waals surface area (Å²) < 4.78 is 3.84. The van der Waals surface area contributed by atoms with Crippen molar-refractivity contribution in [3.63, 3.8) is 0 Å². The average molecular weight is 293 g/mol. The van der Waals surface area contributed by atoms with Crippen LogP contribution in [0.5, 0.6) is 0 Å². The SMILES string of the molecule is CCCn1ccc(=O)n(CCn2cc(C(=O)O)nn2)c1=O. The molecule has 0 aromatic carbocycles. The van der Waals surface area contributed by atoms with Gasteiger partial charge in [0.15, 0.2) is 5.69 Å². The molecule has 0 bridgehead atoms. The number of nitrogens with zero attached hydrogens (tertiary/aromatic N) is 5. The highest BCUT2D eigenvalue weighted by atomic mass is 16.4. The van der Waals surface area contributed by atoms with E-state index in [9.17, 15) is 14.4 Å². The Labute approximate surface area is 119 Å². The van der Waals surface area contributed by atoms with Crippen LogP contribution in [0.2, 0.25) is 0 Å². The van der Waals surface area contributed by atoms with Crippen molar-refractivity contribution in [2.24, 2.45) is 0 Å². The molecule has 2 heterocycles. The van der Waals surface area contributed by atoms with E-state index in [1.54, 1.807) is 0 Å². The van der Waals surface area contributed by atoms with Gasteiger partial charge >= 0.3 is 11.7 Å². The van der Waals surface area contributed by atoms with Crippen molar-refractivity contribution >= 4 is 5.97 Å². The van der Waals surface area contributed by atoms with Gasteiger partial charge in [0.05, 0.1) is 19.3 Å². The molecule has 0 saturated heterocycles. The first kappa shape index (κ1) is 14.7. The zero-order valence-electron chi connectivity index (χ0n) is 11.5. The standard InChI is InChI=1S/C12H15N5O4/c1-2-4-15-5-3-10(18)17(12(15)21)7-6-16-8-9(11(19)20)13-14-16/h3,5,8H,2,4,6-7H2,1H3,(H,19,20). The molecule has 0 fully saturated rings. The van der Waals surface area contributed by atoms with Crippen LogP contribution >= 0.6 is 0 Å². The Kier molecular flexibility index (Phi) is 4.31. The van der Waals surface area contributed by atoms with Gasteiger partial charge in [-0.3, -0.25) is 9.36 Å². The minimum absolute atomic E-state index is 0.102. The van der Waals surface area contributed by atoms with Crippen LogP contribution in [0.1, 0.15) is 23.8 Å². The summed E-state index contributed by atoms with van der Waals surface area (Å²) in [5, 5.41) is 15.8. The van der Waals surface area contributed by atoms with E-state index in [1.165, 1.54) is 27.7 Å². The number of hydrogen-bond acceptors (Lipinski definition) is 5. The van der Waals surface area contributed by atoms with Gasteiger partial charge in [0.2, 0.25) is 0 Å². The van der Waals surface area contributed by atoms with E-state index in [0.29, 0.717) is 6.54 Å². The molecule has 0 amide bonds. The first-order valence-corrected chi connectivity index (χ1v) is 6.46. The number of aromatic nitrogens is 5. The van der Waals surface area contributed by atoms with Gasteiger partial charge in [-0.15, -0.1) is 5.10 Å². The van der Waals surface area contributed by atoms with E-state index in [4.69, 9.17) is 5.11 Å². The molecule has 2 aromatic heterocycles. The largest absolute Gasteiger partial charge is 0.476 e. The zero-order chi connectivity index (χ0) is 15.4. The predicted octanol–water partition coefficient (Wildman–Crippen LogP) is -0.590. The van der Waals surface area contributed by atoms with E-state index in [2.05, 4.69) is 10.3 Å². The third-order valence-electron chi connectivity index (χ3n) is 2.91. The second-order valence-electron chi connectivity index (χ2n) is 4.45. The lowest BCUT2D eigenvalue weighted by atomic mass is 10.4. The molecular formula is C12H15N5O4. The van der Waals surface area contributed by atoms with Crippen LogP contribution in [0, 0.1) is 0 Å². The van der Waals surface area contributed by atoms with Crippen molar-refractivity contribution < 1.29 is 9.90 Å². The summed E-state index contributed by atoms with van der Waals surface area (Å²) >= 11 is 0. The first-order chi connectivity index (χ1) is 10.0. The Morgan fingerprint density at radius 1 is 1.29 bits per heavy atom. The van der Waals surface area contributed by atoms with E-state index in [-0.39, 0.29) is 24.5 Å². The highest BCUT2D eigenvalue weighted by Gasteiger charge is 2.09. The molecule has 1 N–H and O–H groups in total. The Hall–Kier alpha value is -2.71. The molecule has 0 aliphatic carbocycles. The number of carboxylic acids is 1. The Balaban J connectivity index is 2.19. The molecule has 0 radical (unpaired) electrons. The van der Waals surface area contributed by atoms with Crippen LogP contribution in [-0.2, 0) is 19.6 Å². The summed E-state index contributed by atoms with van der Waals surface area (Å²) in [6.45, 7) is 2.76. The van der Waals surface area contributed by atoms with E-state index in [1.807, 2.05) is 6.92 Å². The van der Waals surface area contributed by atoms with Crippen LogP contribution in [-0.4, -0.2) is 35.2 Å². The van der Waals surface area contributed by atoms with Crippen molar-refractivity contribution in [3.05, 3.63) is 45.0 Å². The Morgan fingerprint density at radius 2 is 2.05 bits per heavy atom. The number of aryl methyl sites for hydroxylation is 2. The average Bonchev–Trinajstić information content (AvgIpc) is 2.91. The number of carboxylic acid groups (broad SMARTS) is 1. The minimum Gasteiger partial charge on any atom is -0.476 e. The summed E-state index contributed by atoms with van der Waals surface area (Å²) in [4.78, 5) is 34.5. The maximum atomic E-state index is 12.1. The molecule has 2 aromatic rings. The highest BCUT2D eigenvalue weighted by Crippen LogP contribution is 1.93. The van der Waals surface area contributed by atoms with Crippen molar-refractivity contribution in [2.75, 3.05) is 0 Å². The number of aromatic carboxylic acids is 1. The fourth-order valence-electron chi connectivity index (χ4n) is 1.88. The van der Waals surface area contributed by atoms with Crippen LogP contribution in [0.3, 0.4) is 0 Å². The van der Waals surface area contributed by atoms with Gasteiger partial charge < -0.3 is 9.67 Å². The van der Waals surface area contributed by atoms with Gasteiger partial charge in [-0.25, -0.2) is 14.3 Å². The molecule has 0 aliphatic rings. The maximum Gasteiger partial charge on any atom is 0.358 e. The van der Waals surface area contributed by atoms with Crippen LogP contribution < -0.4 is 11.2 Å². The third-order valence-corrected chi connectivity index (χ3v) is 2.91. The lowest BCUT2D eigenvalue weighted by Crippen LogP contribution is -2.39. The Morgan fingerprint density at radius 3 is 2.67 bits per heavy atom. The van der Waals surface area contributed by atoms with Gasteiger partial charge in [-0.2, -0.15) is 0 Å². The van der Waals surface area contributed by atoms with Gasteiger partial charge in [0.25, 0.3) is 5.56 Å². The second-order valence-corrected chi connectivity index (χ2v) is 4.45. The summed E-state index contributed by atoms with van der Waals surface area (Å²) in [6.07, 6.45) is 3.51. The summed E-state index contributed by atoms with van der Waals surface area (Å²) in [5.74, 6) is -1.18. The topological polar surface area (TPSA) is 112 Å². The van der Waals surface area contributed by atoms with Crippen molar-refractivity contribution in [1.29, 1.82) is 0 Å². The first-order valence-electron chi connectivity index (χ1n) is 6.46. The van der Waals surface area contributed by atoms with Crippen LogP contribution in [0.15, 0.2) is 28.0 Å². The van der Waals surface area contributed by atoms with E-state index in [0.717, 1.165) is 11.0 Å². The summed E-state index contributed by atoms with van der Waals surface area (Å²) in [6, 6.07) is 1.33. The van der Waals surface area contributed by atoms with Crippen LogP contribution in [0.4, 0.5) is 0 Å². The van der Waals surface area contributed by atoms with Crippen molar-refractivity contribution in [1.82, 2.24) is 24.1 Å². The molecule has 9 nitrogen and oxygen atoms in total. The van der Waals surface area contributed by atoms with Gasteiger partial charge in [-0.05, 0) is 6.42 Å². The Bertz CT molecular complexity index is 757. The van der Waals surface area contributed by atoms with E-state index >= 15 is 0 Å². The molecular weight excluding hydrogens is 278 g/mol. The normalized spacial score (nSPS) is 10.7. The lowest BCUT2D eigenvalue weighted by Gasteiger charge is -2.08. The molecule has 0 spiro atoms. The molecule has 0 aliphatic heterocycles. The minimum atomic E-state index is -1.18. The molecule has 21 heavy (non-hydrogen) atoms. The predicted molar refractivity (Wildman–Crippen MR) is 72.2 cm³/mol. The highest BCUT2D eigenvalue weighted by molar-refractivity contribution is 5.84. The van der Waals surface area contributed by atoms with Gasteiger partial charge in [0.1, 0.15) is 0 Å². The smallest absolute Gasteiger partial charge is 0.358 e. The number of hydrogen-bond donors (Lipinski definition) is 1. The number of carbonyl (C=O) groups is 1. The monoisotopic (exact) mass is 293 g/mol. The second kappa shape index (κ2) is 6.16. The fraction of sp³-hybridized carbons (Fsp3) is 0.417. The third kappa shape index (κ3) is 3.25. The summed E-state index contributed by atoms with van der Waals surface area (Å²) in [5.41, 5.74) is -0.965. The molecule has 0 atom stereocenters. The summed E-state index contributed by atoms with van der Waals surface area (Å²) in [7, 11) is 0. The molecule has 2 rings (SSSR count). The molecule has 0 saturated carbocycles. The molecule has 9 heteroatoms. The zero-order valence-corrected chi connectivity index (χ0v) is 11.5. The maximum absolute atomic E-state index is 12.1. The van der Waals surface area contributed by atoms with Gasteiger partial charge in [0, 0.05) is 18.8 Å². The molecule has 112 valence electrons. The van der Waals surface area contributed by atoms with Gasteiger partial charge in [-0.1, -0.05) is 12.1 Å². The van der Waals surface area contributed by atoms with Crippen molar-refractivity contribution in [2.45, 2.75) is 33.0 Å². The quantitative estimate of drug-likeness (QED) is 0.761. The van der Waals surface area contributed by atoms with E-state index < -0.39 is 11.5 Å².